The molecule has 5 nitrogen and oxygen atoms in total. The van der Waals surface area contributed by atoms with Crippen molar-refractivity contribution in [2.45, 2.75) is 19.0 Å². The summed E-state index contributed by atoms with van der Waals surface area (Å²) in [6, 6.07) is 20.1. The lowest BCUT2D eigenvalue weighted by atomic mass is 10.1. The Bertz CT molecular complexity index is 1310. The maximum absolute atomic E-state index is 13.3. The summed E-state index contributed by atoms with van der Waals surface area (Å²) < 4.78 is 1.59. The number of amides is 1. The van der Waals surface area contributed by atoms with Crippen molar-refractivity contribution in [3.63, 3.8) is 0 Å². The van der Waals surface area contributed by atoms with E-state index in [0.717, 1.165) is 16.8 Å². The number of nitrogens with one attached hydrogen (secondary N) is 1. The van der Waals surface area contributed by atoms with Crippen LogP contribution in [-0.4, -0.2) is 21.2 Å². The van der Waals surface area contributed by atoms with E-state index in [1.807, 2.05) is 38.1 Å². The van der Waals surface area contributed by atoms with Gasteiger partial charge in [0.15, 0.2) is 5.16 Å². The lowest BCUT2D eigenvalue weighted by Gasteiger charge is -2.14. The molecule has 4 rings (SSSR count). The molecule has 0 saturated heterocycles. The number of benzene rings is 3. The van der Waals surface area contributed by atoms with Crippen molar-refractivity contribution in [2.75, 3.05) is 11.1 Å². The summed E-state index contributed by atoms with van der Waals surface area (Å²) in [6.45, 7) is 3.98. The highest BCUT2D eigenvalue weighted by Gasteiger charge is 2.15. The number of carbonyl (C=O) groups excluding carboxylic acids is 1. The molecule has 0 unspecified atom stereocenters. The first-order chi connectivity index (χ1) is 14.9. The van der Waals surface area contributed by atoms with Crippen LogP contribution in [0.3, 0.4) is 0 Å². The van der Waals surface area contributed by atoms with Crippen LogP contribution in [0.5, 0.6) is 0 Å². The Labute approximate surface area is 189 Å². The summed E-state index contributed by atoms with van der Waals surface area (Å²) >= 11 is 7.12. The first-order valence-electron chi connectivity index (χ1n) is 9.69. The smallest absolute Gasteiger partial charge is 0.266 e. The molecule has 0 atom stereocenters. The van der Waals surface area contributed by atoms with Crippen LogP contribution >= 0.6 is 23.4 Å². The molecule has 156 valence electrons. The van der Waals surface area contributed by atoms with Crippen molar-refractivity contribution in [1.82, 2.24) is 9.55 Å². The number of fused-ring (bicyclic) bond motifs is 1. The molecule has 1 heterocycles. The van der Waals surface area contributed by atoms with Gasteiger partial charge in [-0.2, -0.15) is 0 Å². The first-order valence-corrected chi connectivity index (χ1v) is 11.1. The highest BCUT2D eigenvalue weighted by atomic mass is 35.5. The number of halogens is 1. The Morgan fingerprint density at radius 2 is 1.71 bits per heavy atom. The fraction of sp³-hybridized carbons (Fsp3) is 0.125. The summed E-state index contributed by atoms with van der Waals surface area (Å²) in [7, 11) is 0. The second-order valence-corrected chi connectivity index (χ2v) is 8.62. The Morgan fingerprint density at radius 1 is 1.03 bits per heavy atom. The molecule has 0 spiro atoms. The van der Waals surface area contributed by atoms with E-state index in [4.69, 9.17) is 16.6 Å². The average molecular weight is 450 g/mol. The highest BCUT2D eigenvalue weighted by Crippen LogP contribution is 2.23. The third-order valence-electron chi connectivity index (χ3n) is 4.67. The van der Waals surface area contributed by atoms with Gasteiger partial charge in [0.2, 0.25) is 5.91 Å². The zero-order valence-electron chi connectivity index (χ0n) is 17.1. The number of carbonyl (C=O) groups is 1. The number of para-hydroxylation sites is 1. The SMILES string of the molecule is Cc1cc(C)cc(-n2c(SCC(=O)Nc3ccc(Cl)cc3)nc3ccccc3c2=O)c1. The van der Waals surface area contributed by atoms with Gasteiger partial charge in [-0.25, -0.2) is 4.98 Å². The minimum Gasteiger partial charge on any atom is -0.325 e. The predicted octanol–water partition coefficient (Wildman–Crippen LogP) is 5.39. The summed E-state index contributed by atoms with van der Waals surface area (Å²) in [5.74, 6) is -0.0835. The molecule has 0 saturated carbocycles. The molecule has 0 fully saturated rings. The van der Waals surface area contributed by atoms with Gasteiger partial charge in [0.1, 0.15) is 0 Å². The van der Waals surface area contributed by atoms with Crippen molar-refractivity contribution in [2.24, 2.45) is 0 Å². The maximum Gasteiger partial charge on any atom is 0.266 e. The molecule has 0 aliphatic heterocycles. The van der Waals surface area contributed by atoms with Gasteiger partial charge >= 0.3 is 0 Å². The van der Waals surface area contributed by atoms with Gasteiger partial charge in [-0.1, -0.05) is 41.6 Å². The standard InChI is InChI=1S/C24H20ClN3O2S/c1-15-11-16(2)13-19(12-15)28-23(30)20-5-3-4-6-21(20)27-24(28)31-14-22(29)26-18-9-7-17(25)8-10-18/h3-13H,14H2,1-2H3,(H,26,29). The van der Waals surface area contributed by atoms with Gasteiger partial charge in [0, 0.05) is 10.7 Å². The van der Waals surface area contributed by atoms with E-state index >= 15 is 0 Å². The monoisotopic (exact) mass is 449 g/mol. The number of rotatable bonds is 5. The van der Waals surface area contributed by atoms with Crippen molar-refractivity contribution in [1.29, 1.82) is 0 Å². The molecule has 1 amide bonds. The van der Waals surface area contributed by atoms with Crippen molar-refractivity contribution >= 4 is 45.9 Å². The quantitative estimate of drug-likeness (QED) is 0.328. The molecule has 0 aliphatic rings. The average Bonchev–Trinajstić information content (AvgIpc) is 2.73. The highest BCUT2D eigenvalue weighted by molar-refractivity contribution is 7.99. The summed E-state index contributed by atoms with van der Waals surface area (Å²) in [6.07, 6.45) is 0. The predicted molar refractivity (Wildman–Crippen MR) is 128 cm³/mol. The minimum atomic E-state index is -0.193. The molecular weight excluding hydrogens is 430 g/mol. The summed E-state index contributed by atoms with van der Waals surface area (Å²) in [4.78, 5) is 30.5. The molecule has 0 bridgehead atoms. The van der Waals surface area contributed by atoms with Crippen LogP contribution in [0, 0.1) is 13.8 Å². The van der Waals surface area contributed by atoms with E-state index in [2.05, 4.69) is 11.4 Å². The zero-order chi connectivity index (χ0) is 22.0. The lowest BCUT2D eigenvalue weighted by molar-refractivity contribution is -0.113. The normalized spacial score (nSPS) is 10.9. The van der Waals surface area contributed by atoms with Crippen molar-refractivity contribution in [3.05, 3.63) is 93.2 Å². The number of anilines is 1. The number of aryl methyl sites for hydroxylation is 2. The van der Waals surface area contributed by atoms with Crippen LogP contribution in [0.25, 0.3) is 16.6 Å². The van der Waals surface area contributed by atoms with Crippen LogP contribution in [-0.2, 0) is 4.79 Å². The molecule has 1 aromatic heterocycles. The molecule has 7 heteroatoms. The van der Waals surface area contributed by atoms with Gasteiger partial charge in [-0.05, 0) is 73.5 Å². The van der Waals surface area contributed by atoms with Gasteiger partial charge < -0.3 is 5.32 Å². The van der Waals surface area contributed by atoms with Crippen LogP contribution in [0.4, 0.5) is 5.69 Å². The molecular formula is C24H20ClN3O2S. The fourth-order valence-electron chi connectivity index (χ4n) is 3.38. The largest absolute Gasteiger partial charge is 0.325 e. The molecule has 3 aromatic carbocycles. The van der Waals surface area contributed by atoms with Crippen LogP contribution in [0.2, 0.25) is 5.02 Å². The van der Waals surface area contributed by atoms with E-state index in [-0.39, 0.29) is 17.2 Å². The topological polar surface area (TPSA) is 64.0 Å². The van der Waals surface area contributed by atoms with Crippen molar-refractivity contribution < 1.29 is 4.79 Å². The minimum absolute atomic E-state index is 0.109. The second-order valence-electron chi connectivity index (χ2n) is 7.24. The number of hydrogen-bond acceptors (Lipinski definition) is 4. The van der Waals surface area contributed by atoms with Gasteiger partial charge in [-0.3, -0.25) is 14.2 Å². The number of hydrogen-bond donors (Lipinski definition) is 1. The Balaban J connectivity index is 1.69. The molecule has 31 heavy (non-hydrogen) atoms. The number of thioether (sulfide) groups is 1. The van der Waals surface area contributed by atoms with E-state index in [1.165, 1.54) is 11.8 Å². The summed E-state index contributed by atoms with van der Waals surface area (Å²) in [5, 5.41) is 4.45. The third kappa shape index (κ3) is 4.81. The lowest BCUT2D eigenvalue weighted by Crippen LogP contribution is -2.23. The van der Waals surface area contributed by atoms with Crippen LogP contribution in [0.15, 0.2) is 76.7 Å². The first kappa shape index (κ1) is 21.2. The summed E-state index contributed by atoms with van der Waals surface area (Å²) in [5.41, 5.74) is 3.94. The molecule has 0 aliphatic carbocycles. The Hall–Kier alpha value is -3.09. The van der Waals surface area contributed by atoms with Crippen LogP contribution < -0.4 is 10.9 Å². The molecule has 1 N–H and O–H groups in total. The maximum atomic E-state index is 13.3. The van der Waals surface area contributed by atoms with Crippen molar-refractivity contribution in [3.8, 4) is 5.69 Å². The third-order valence-corrected chi connectivity index (χ3v) is 5.86. The van der Waals surface area contributed by atoms with E-state index in [0.29, 0.717) is 26.8 Å². The van der Waals surface area contributed by atoms with Crippen LogP contribution in [0.1, 0.15) is 11.1 Å². The Kier molecular flexibility index (Phi) is 6.11. The van der Waals surface area contributed by atoms with E-state index in [1.54, 1.807) is 41.0 Å². The molecule has 0 radical (unpaired) electrons. The Morgan fingerprint density at radius 3 is 2.42 bits per heavy atom. The van der Waals surface area contributed by atoms with Gasteiger partial charge in [0.25, 0.3) is 5.56 Å². The second kappa shape index (κ2) is 8.96. The van der Waals surface area contributed by atoms with Gasteiger partial charge in [-0.15, -0.1) is 0 Å². The zero-order valence-corrected chi connectivity index (χ0v) is 18.6. The van der Waals surface area contributed by atoms with E-state index in [9.17, 15) is 9.59 Å². The number of nitrogens with zero attached hydrogens (tertiary/aromatic N) is 2. The molecule has 4 aromatic rings. The van der Waals surface area contributed by atoms with E-state index < -0.39 is 0 Å². The fourth-order valence-corrected chi connectivity index (χ4v) is 4.32. The number of aromatic nitrogens is 2. The van der Waals surface area contributed by atoms with Gasteiger partial charge in [0.05, 0.1) is 22.3 Å².